The molecule has 0 bridgehead atoms. The van der Waals surface area contributed by atoms with Gasteiger partial charge >= 0.3 is 5.97 Å². The Kier molecular flexibility index (Phi) is 6.18. The summed E-state index contributed by atoms with van der Waals surface area (Å²) >= 11 is 0. The molecule has 0 fully saturated rings. The monoisotopic (exact) mass is 280 g/mol. The van der Waals surface area contributed by atoms with E-state index in [-0.39, 0.29) is 17.2 Å². The van der Waals surface area contributed by atoms with Gasteiger partial charge < -0.3 is 20.5 Å². The van der Waals surface area contributed by atoms with Gasteiger partial charge in [0, 0.05) is 13.7 Å². The molecule has 0 aliphatic carbocycles. The molecular formula is C13H16N2O5. The lowest BCUT2D eigenvalue weighted by atomic mass is 10.1. The Labute approximate surface area is 115 Å². The van der Waals surface area contributed by atoms with Crippen molar-refractivity contribution in [2.45, 2.75) is 6.42 Å². The lowest BCUT2D eigenvalue weighted by Gasteiger charge is -2.10. The zero-order chi connectivity index (χ0) is 15.0. The second-order valence-electron chi connectivity index (χ2n) is 3.91. The minimum absolute atomic E-state index is 0.266. The highest BCUT2D eigenvalue weighted by Crippen LogP contribution is 2.15. The number of hydrogen-bond donors (Lipinski definition) is 3. The number of nitrogens with one attached hydrogen (secondary N) is 2. The Morgan fingerprint density at radius 1 is 1.25 bits per heavy atom. The fraction of sp³-hybridized carbons (Fsp3) is 0.308. The first-order valence-electron chi connectivity index (χ1n) is 5.92. The molecule has 0 atom stereocenters. The number of para-hydroxylation sites is 1. The van der Waals surface area contributed by atoms with Gasteiger partial charge in [0.1, 0.15) is 6.42 Å². The zero-order valence-corrected chi connectivity index (χ0v) is 11.0. The Hall–Kier alpha value is -2.41. The Balaban J connectivity index is 2.74. The summed E-state index contributed by atoms with van der Waals surface area (Å²) in [5.41, 5.74) is 0.538. The molecule has 0 unspecified atom stereocenters. The number of anilines is 1. The van der Waals surface area contributed by atoms with Crippen LogP contribution in [0.15, 0.2) is 24.3 Å². The highest BCUT2D eigenvalue weighted by atomic mass is 16.5. The summed E-state index contributed by atoms with van der Waals surface area (Å²) < 4.78 is 4.82. The molecule has 7 heteroatoms. The number of carboxylic acids is 1. The van der Waals surface area contributed by atoms with Crippen LogP contribution in [-0.4, -0.2) is 43.2 Å². The topological polar surface area (TPSA) is 105 Å². The fourth-order valence-electron chi connectivity index (χ4n) is 1.48. The minimum Gasteiger partial charge on any atom is -0.481 e. The van der Waals surface area contributed by atoms with Crippen molar-refractivity contribution >= 4 is 23.5 Å². The van der Waals surface area contributed by atoms with E-state index in [9.17, 15) is 14.4 Å². The lowest BCUT2D eigenvalue weighted by Crippen LogP contribution is -2.28. The third-order valence-electron chi connectivity index (χ3n) is 2.35. The molecule has 1 rings (SSSR count). The minimum atomic E-state index is -1.23. The van der Waals surface area contributed by atoms with Crippen molar-refractivity contribution in [3.8, 4) is 0 Å². The van der Waals surface area contributed by atoms with Crippen molar-refractivity contribution in [3.63, 3.8) is 0 Å². The number of methoxy groups -OCH3 is 1. The summed E-state index contributed by atoms with van der Waals surface area (Å²) in [5, 5.41) is 13.6. The number of amides is 2. The van der Waals surface area contributed by atoms with Crippen molar-refractivity contribution < 1.29 is 24.2 Å². The highest BCUT2D eigenvalue weighted by Gasteiger charge is 2.14. The summed E-state index contributed by atoms with van der Waals surface area (Å²) in [6, 6.07) is 6.36. The van der Waals surface area contributed by atoms with Gasteiger partial charge in [-0.25, -0.2) is 0 Å². The van der Waals surface area contributed by atoms with Gasteiger partial charge in [-0.1, -0.05) is 12.1 Å². The molecule has 1 aromatic carbocycles. The maximum Gasteiger partial charge on any atom is 0.312 e. The van der Waals surface area contributed by atoms with Gasteiger partial charge in [-0.05, 0) is 12.1 Å². The van der Waals surface area contributed by atoms with Gasteiger partial charge in [0.2, 0.25) is 5.91 Å². The average Bonchev–Trinajstić information content (AvgIpc) is 2.38. The van der Waals surface area contributed by atoms with E-state index in [1.165, 1.54) is 13.2 Å². The highest BCUT2D eigenvalue weighted by molar-refractivity contribution is 6.06. The molecule has 0 aliphatic rings. The second-order valence-corrected chi connectivity index (χ2v) is 3.91. The normalized spacial score (nSPS) is 9.85. The maximum atomic E-state index is 11.9. The molecule has 20 heavy (non-hydrogen) atoms. The third-order valence-corrected chi connectivity index (χ3v) is 2.35. The predicted molar refractivity (Wildman–Crippen MR) is 71.5 cm³/mol. The quantitative estimate of drug-likeness (QED) is 0.497. The smallest absolute Gasteiger partial charge is 0.312 e. The standard InChI is InChI=1S/C13H16N2O5/c1-20-7-6-14-13(19)9-4-2-3-5-10(9)15-11(16)8-12(17)18/h2-5H,6-8H2,1H3,(H,14,19)(H,15,16)(H,17,18). The first-order valence-corrected chi connectivity index (χ1v) is 5.92. The van der Waals surface area contributed by atoms with E-state index in [2.05, 4.69) is 10.6 Å². The summed E-state index contributed by atoms with van der Waals surface area (Å²) in [6.45, 7) is 0.714. The summed E-state index contributed by atoms with van der Waals surface area (Å²) in [5.74, 6) is -2.28. The number of benzene rings is 1. The molecule has 1 aromatic rings. The number of ether oxygens (including phenoxy) is 1. The van der Waals surface area contributed by atoms with Gasteiger partial charge in [-0.3, -0.25) is 14.4 Å². The Morgan fingerprint density at radius 2 is 1.95 bits per heavy atom. The first kappa shape index (κ1) is 15.6. The van der Waals surface area contributed by atoms with Crippen molar-refractivity contribution in [1.29, 1.82) is 0 Å². The third kappa shape index (κ3) is 5.07. The molecule has 0 spiro atoms. The van der Waals surface area contributed by atoms with Crippen LogP contribution in [0.4, 0.5) is 5.69 Å². The van der Waals surface area contributed by atoms with E-state index in [4.69, 9.17) is 9.84 Å². The number of carbonyl (C=O) groups excluding carboxylic acids is 2. The molecule has 0 radical (unpaired) electrons. The number of carbonyl (C=O) groups is 3. The van der Waals surface area contributed by atoms with Crippen LogP contribution in [-0.2, 0) is 14.3 Å². The Bertz CT molecular complexity index is 501. The number of carboxylic acid groups (broad SMARTS) is 1. The molecule has 0 saturated heterocycles. The molecule has 0 heterocycles. The molecule has 2 amide bonds. The summed E-state index contributed by atoms with van der Waals surface area (Å²) in [6.07, 6.45) is -0.653. The van der Waals surface area contributed by atoms with Crippen LogP contribution in [0, 0.1) is 0 Å². The molecule has 108 valence electrons. The second kappa shape index (κ2) is 7.90. The molecular weight excluding hydrogens is 264 g/mol. The van der Waals surface area contributed by atoms with Crippen molar-refractivity contribution in [1.82, 2.24) is 5.32 Å². The van der Waals surface area contributed by atoms with Gasteiger partial charge in [-0.2, -0.15) is 0 Å². The number of aliphatic carboxylic acids is 1. The van der Waals surface area contributed by atoms with E-state index in [0.29, 0.717) is 13.2 Å². The molecule has 0 saturated carbocycles. The van der Waals surface area contributed by atoms with E-state index < -0.39 is 18.3 Å². The fourth-order valence-corrected chi connectivity index (χ4v) is 1.48. The van der Waals surface area contributed by atoms with Crippen LogP contribution < -0.4 is 10.6 Å². The van der Waals surface area contributed by atoms with E-state index in [1.807, 2.05) is 0 Å². The van der Waals surface area contributed by atoms with Gasteiger partial charge in [0.25, 0.3) is 5.91 Å². The SMILES string of the molecule is COCCNC(=O)c1ccccc1NC(=O)CC(=O)O. The first-order chi connectivity index (χ1) is 9.54. The lowest BCUT2D eigenvalue weighted by molar-refractivity contribution is -0.139. The maximum absolute atomic E-state index is 11.9. The van der Waals surface area contributed by atoms with Gasteiger partial charge in [-0.15, -0.1) is 0 Å². The van der Waals surface area contributed by atoms with Crippen LogP contribution in [0.25, 0.3) is 0 Å². The van der Waals surface area contributed by atoms with Gasteiger partial charge in [0.15, 0.2) is 0 Å². The average molecular weight is 280 g/mol. The van der Waals surface area contributed by atoms with Crippen LogP contribution >= 0.6 is 0 Å². The molecule has 0 aromatic heterocycles. The van der Waals surface area contributed by atoms with Crippen LogP contribution in [0.2, 0.25) is 0 Å². The van der Waals surface area contributed by atoms with E-state index in [1.54, 1.807) is 18.2 Å². The summed E-state index contributed by atoms with van der Waals surface area (Å²) in [4.78, 5) is 33.8. The van der Waals surface area contributed by atoms with Crippen LogP contribution in [0.3, 0.4) is 0 Å². The van der Waals surface area contributed by atoms with E-state index in [0.717, 1.165) is 0 Å². The summed E-state index contributed by atoms with van der Waals surface area (Å²) in [7, 11) is 1.52. The molecule has 7 nitrogen and oxygen atoms in total. The number of rotatable bonds is 7. The zero-order valence-electron chi connectivity index (χ0n) is 11.0. The van der Waals surface area contributed by atoms with E-state index >= 15 is 0 Å². The number of hydrogen-bond acceptors (Lipinski definition) is 4. The van der Waals surface area contributed by atoms with Gasteiger partial charge in [0.05, 0.1) is 17.9 Å². The molecule has 3 N–H and O–H groups in total. The van der Waals surface area contributed by atoms with Crippen molar-refractivity contribution in [3.05, 3.63) is 29.8 Å². The van der Waals surface area contributed by atoms with Crippen LogP contribution in [0.5, 0.6) is 0 Å². The van der Waals surface area contributed by atoms with Crippen LogP contribution in [0.1, 0.15) is 16.8 Å². The largest absolute Gasteiger partial charge is 0.481 e. The van der Waals surface area contributed by atoms with Crippen molar-refractivity contribution in [2.75, 3.05) is 25.6 Å². The van der Waals surface area contributed by atoms with Crippen molar-refractivity contribution in [2.24, 2.45) is 0 Å². The molecule has 0 aliphatic heterocycles. The Morgan fingerprint density at radius 3 is 2.60 bits per heavy atom. The predicted octanol–water partition coefficient (Wildman–Crippen LogP) is 0.476.